The summed E-state index contributed by atoms with van der Waals surface area (Å²) in [5.41, 5.74) is 1.56. The summed E-state index contributed by atoms with van der Waals surface area (Å²) in [5, 5.41) is 10.2. The first-order valence-electron chi connectivity index (χ1n) is 4.74. The summed E-state index contributed by atoms with van der Waals surface area (Å²) in [7, 11) is 0. The molecule has 0 fully saturated rings. The standard InChI is InChI=1S/C11H10Cl2N2O/c12-9-1-2-11(13)8(3-9)4-15-5-10(6-16)14-7-15/h1-3,5,7,16H,4,6H2. The van der Waals surface area contributed by atoms with E-state index in [1.165, 1.54) is 0 Å². The van der Waals surface area contributed by atoms with Crippen LogP contribution in [-0.4, -0.2) is 14.7 Å². The van der Waals surface area contributed by atoms with E-state index in [-0.39, 0.29) is 6.61 Å². The molecule has 1 aromatic carbocycles. The maximum Gasteiger partial charge on any atom is 0.0953 e. The van der Waals surface area contributed by atoms with Gasteiger partial charge in [0.25, 0.3) is 0 Å². The van der Waals surface area contributed by atoms with E-state index < -0.39 is 0 Å². The van der Waals surface area contributed by atoms with Crippen LogP contribution in [0.15, 0.2) is 30.7 Å². The van der Waals surface area contributed by atoms with E-state index in [2.05, 4.69) is 4.98 Å². The Morgan fingerprint density at radius 3 is 2.81 bits per heavy atom. The quantitative estimate of drug-likeness (QED) is 0.918. The van der Waals surface area contributed by atoms with Gasteiger partial charge >= 0.3 is 0 Å². The van der Waals surface area contributed by atoms with Gasteiger partial charge in [-0.2, -0.15) is 0 Å². The van der Waals surface area contributed by atoms with E-state index in [0.29, 0.717) is 22.3 Å². The second-order valence-corrected chi connectivity index (χ2v) is 4.27. The van der Waals surface area contributed by atoms with Crippen LogP contribution in [-0.2, 0) is 13.2 Å². The largest absolute Gasteiger partial charge is 0.390 e. The molecule has 1 aromatic heterocycles. The highest BCUT2D eigenvalue weighted by Gasteiger charge is 2.03. The van der Waals surface area contributed by atoms with Crippen LogP contribution in [0, 0.1) is 0 Å². The second kappa shape index (κ2) is 4.87. The van der Waals surface area contributed by atoms with E-state index in [4.69, 9.17) is 28.3 Å². The number of halogens is 2. The van der Waals surface area contributed by atoms with Crippen molar-refractivity contribution >= 4 is 23.2 Å². The first-order valence-corrected chi connectivity index (χ1v) is 5.50. The monoisotopic (exact) mass is 256 g/mol. The van der Waals surface area contributed by atoms with E-state index >= 15 is 0 Å². The van der Waals surface area contributed by atoms with Crippen molar-refractivity contribution < 1.29 is 5.11 Å². The van der Waals surface area contributed by atoms with Crippen LogP contribution in [0.4, 0.5) is 0 Å². The molecule has 0 unspecified atom stereocenters. The van der Waals surface area contributed by atoms with Gasteiger partial charge in [-0.3, -0.25) is 0 Å². The summed E-state index contributed by atoms with van der Waals surface area (Å²) >= 11 is 11.9. The second-order valence-electron chi connectivity index (χ2n) is 3.43. The highest BCUT2D eigenvalue weighted by Crippen LogP contribution is 2.21. The van der Waals surface area contributed by atoms with Crippen molar-refractivity contribution in [2.24, 2.45) is 0 Å². The lowest BCUT2D eigenvalue weighted by Crippen LogP contribution is -1.97. The highest BCUT2D eigenvalue weighted by molar-refractivity contribution is 6.33. The van der Waals surface area contributed by atoms with Crippen molar-refractivity contribution in [1.82, 2.24) is 9.55 Å². The number of aliphatic hydroxyl groups is 1. The van der Waals surface area contributed by atoms with E-state index in [0.717, 1.165) is 5.56 Å². The third kappa shape index (κ3) is 2.55. The molecular formula is C11H10Cl2N2O. The minimum atomic E-state index is -0.0592. The van der Waals surface area contributed by atoms with Gasteiger partial charge < -0.3 is 9.67 Å². The molecular weight excluding hydrogens is 247 g/mol. The first-order chi connectivity index (χ1) is 7.69. The average Bonchev–Trinajstić information content (AvgIpc) is 2.71. The van der Waals surface area contributed by atoms with Crippen molar-refractivity contribution in [2.75, 3.05) is 0 Å². The first kappa shape index (κ1) is 11.5. The topological polar surface area (TPSA) is 38.0 Å². The predicted octanol–water partition coefficient (Wildman–Crippen LogP) is 2.73. The smallest absolute Gasteiger partial charge is 0.0953 e. The summed E-state index contributed by atoms with van der Waals surface area (Å²) in [5.74, 6) is 0. The van der Waals surface area contributed by atoms with Crippen LogP contribution in [0.5, 0.6) is 0 Å². The summed E-state index contributed by atoms with van der Waals surface area (Å²) in [6.45, 7) is 0.530. The van der Waals surface area contributed by atoms with Gasteiger partial charge in [0.1, 0.15) is 0 Å². The van der Waals surface area contributed by atoms with Crippen molar-refractivity contribution in [3.05, 3.63) is 52.0 Å². The summed E-state index contributed by atoms with van der Waals surface area (Å²) < 4.78 is 1.85. The molecule has 0 aliphatic carbocycles. The van der Waals surface area contributed by atoms with Crippen molar-refractivity contribution in [1.29, 1.82) is 0 Å². The lowest BCUT2D eigenvalue weighted by Gasteiger charge is -2.05. The Bertz CT molecular complexity index is 496. The zero-order valence-electron chi connectivity index (χ0n) is 8.40. The summed E-state index contributed by atoms with van der Waals surface area (Å²) in [4.78, 5) is 4.02. The number of aliphatic hydroxyl groups excluding tert-OH is 1. The number of hydrogen-bond donors (Lipinski definition) is 1. The van der Waals surface area contributed by atoms with E-state index in [9.17, 15) is 0 Å². The Labute approximate surface area is 103 Å². The third-order valence-corrected chi connectivity index (χ3v) is 2.81. The molecule has 0 radical (unpaired) electrons. The number of hydrogen-bond acceptors (Lipinski definition) is 2. The fraction of sp³-hybridized carbons (Fsp3) is 0.182. The Hall–Kier alpha value is -1.03. The average molecular weight is 257 g/mol. The van der Waals surface area contributed by atoms with Gasteiger partial charge in [0.05, 0.1) is 25.2 Å². The Morgan fingerprint density at radius 1 is 1.31 bits per heavy atom. The molecule has 0 bridgehead atoms. The van der Waals surface area contributed by atoms with Gasteiger partial charge in [0, 0.05) is 16.2 Å². The predicted molar refractivity (Wildman–Crippen MR) is 63.7 cm³/mol. The zero-order valence-corrected chi connectivity index (χ0v) is 9.91. The highest BCUT2D eigenvalue weighted by atomic mass is 35.5. The molecule has 3 nitrogen and oxygen atoms in total. The SMILES string of the molecule is OCc1cn(Cc2cc(Cl)ccc2Cl)cn1. The Morgan fingerprint density at radius 2 is 2.12 bits per heavy atom. The van der Waals surface area contributed by atoms with Gasteiger partial charge in [-0.1, -0.05) is 23.2 Å². The molecule has 84 valence electrons. The molecule has 5 heteroatoms. The molecule has 16 heavy (non-hydrogen) atoms. The molecule has 0 aliphatic rings. The minimum Gasteiger partial charge on any atom is -0.390 e. The Kier molecular flexibility index (Phi) is 3.49. The number of nitrogens with zero attached hydrogens (tertiary/aromatic N) is 2. The number of aromatic nitrogens is 2. The normalized spacial score (nSPS) is 10.7. The van der Waals surface area contributed by atoms with Crippen LogP contribution in [0.25, 0.3) is 0 Å². The van der Waals surface area contributed by atoms with Gasteiger partial charge in [-0.25, -0.2) is 4.98 Å². The fourth-order valence-electron chi connectivity index (χ4n) is 1.44. The van der Waals surface area contributed by atoms with E-state index in [1.54, 1.807) is 24.7 Å². The number of benzene rings is 1. The minimum absolute atomic E-state index is 0.0592. The fourth-order valence-corrected chi connectivity index (χ4v) is 1.81. The van der Waals surface area contributed by atoms with Crippen LogP contribution < -0.4 is 0 Å². The number of rotatable bonds is 3. The van der Waals surface area contributed by atoms with Crippen molar-refractivity contribution in [2.45, 2.75) is 13.2 Å². The van der Waals surface area contributed by atoms with Crippen LogP contribution in [0.1, 0.15) is 11.3 Å². The zero-order chi connectivity index (χ0) is 11.5. The molecule has 2 rings (SSSR count). The van der Waals surface area contributed by atoms with E-state index in [1.807, 2.05) is 10.6 Å². The molecule has 0 atom stereocenters. The lowest BCUT2D eigenvalue weighted by molar-refractivity contribution is 0.277. The van der Waals surface area contributed by atoms with Gasteiger partial charge in [-0.05, 0) is 23.8 Å². The van der Waals surface area contributed by atoms with Crippen LogP contribution in [0.2, 0.25) is 10.0 Å². The van der Waals surface area contributed by atoms with Crippen molar-refractivity contribution in [3.8, 4) is 0 Å². The third-order valence-electron chi connectivity index (χ3n) is 2.21. The van der Waals surface area contributed by atoms with Crippen LogP contribution >= 0.6 is 23.2 Å². The molecule has 1 N–H and O–H groups in total. The maximum absolute atomic E-state index is 8.89. The molecule has 0 saturated carbocycles. The van der Waals surface area contributed by atoms with Gasteiger partial charge in [0.2, 0.25) is 0 Å². The summed E-state index contributed by atoms with van der Waals surface area (Å²) in [6.07, 6.45) is 3.43. The molecule has 0 spiro atoms. The van der Waals surface area contributed by atoms with Gasteiger partial charge in [-0.15, -0.1) is 0 Å². The number of imidazole rings is 1. The molecule has 0 amide bonds. The lowest BCUT2D eigenvalue weighted by atomic mass is 10.2. The Balaban J connectivity index is 2.22. The van der Waals surface area contributed by atoms with Crippen molar-refractivity contribution in [3.63, 3.8) is 0 Å². The molecule has 0 saturated heterocycles. The molecule has 2 aromatic rings. The molecule has 1 heterocycles. The maximum atomic E-state index is 8.89. The van der Waals surface area contributed by atoms with Crippen LogP contribution in [0.3, 0.4) is 0 Å². The molecule has 0 aliphatic heterocycles. The van der Waals surface area contributed by atoms with Gasteiger partial charge in [0.15, 0.2) is 0 Å². The summed E-state index contributed by atoms with van der Waals surface area (Å²) in [6, 6.07) is 5.34.